The van der Waals surface area contributed by atoms with Crippen LogP contribution in [0.2, 0.25) is 0 Å². The van der Waals surface area contributed by atoms with Gasteiger partial charge in [-0.2, -0.15) is 0 Å². The molecule has 2 fully saturated rings. The second kappa shape index (κ2) is 4.97. The van der Waals surface area contributed by atoms with E-state index in [-0.39, 0.29) is 0 Å². The van der Waals surface area contributed by atoms with E-state index >= 15 is 0 Å². The second-order valence-electron chi connectivity index (χ2n) is 7.07. The van der Waals surface area contributed by atoms with Crippen LogP contribution in [-0.2, 0) is 4.74 Å². The summed E-state index contributed by atoms with van der Waals surface area (Å²) in [5, 5.41) is 0. The van der Waals surface area contributed by atoms with E-state index in [0.717, 1.165) is 18.4 Å². The topological polar surface area (TPSA) is 9.23 Å². The van der Waals surface area contributed by atoms with E-state index in [9.17, 15) is 0 Å². The third-order valence-electron chi connectivity index (χ3n) is 5.46. The Balaban J connectivity index is 1.68. The zero-order chi connectivity index (χ0) is 12.6. The SMILES string of the molecule is CC1=CC[C@H]2CO[C@@H](C[N+]3(C)CCCCC3)[C@H]1C2. The molecule has 0 aromatic heterocycles. The molecular formula is C16H28NO+. The van der Waals surface area contributed by atoms with Gasteiger partial charge in [0.05, 0.1) is 26.7 Å². The van der Waals surface area contributed by atoms with Gasteiger partial charge >= 0.3 is 0 Å². The summed E-state index contributed by atoms with van der Waals surface area (Å²) in [6.45, 7) is 7.28. The van der Waals surface area contributed by atoms with Gasteiger partial charge in [0.1, 0.15) is 12.6 Å². The molecule has 0 aromatic carbocycles. The van der Waals surface area contributed by atoms with E-state index in [1.807, 2.05) is 0 Å². The third kappa shape index (κ3) is 2.50. The molecule has 0 saturated carbocycles. The molecule has 18 heavy (non-hydrogen) atoms. The van der Waals surface area contributed by atoms with Gasteiger partial charge in [-0.1, -0.05) is 11.6 Å². The molecule has 2 heterocycles. The molecule has 0 unspecified atom stereocenters. The van der Waals surface area contributed by atoms with Crippen LogP contribution in [0.15, 0.2) is 11.6 Å². The minimum absolute atomic E-state index is 0.487. The minimum atomic E-state index is 0.487. The van der Waals surface area contributed by atoms with E-state index in [2.05, 4.69) is 20.0 Å². The van der Waals surface area contributed by atoms with Crippen molar-refractivity contribution in [3.05, 3.63) is 11.6 Å². The van der Waals surface area contributed by atoms with Crippen molar-refractivity contribution in [2.45, 2.75) is 45.1 Å². The van der Waals surface area contributed by atoms with Crippen LogP contribution in [0.5, 0.6) is 0 Å². The van der Waals surface area contributed by atoms with E-state index in [4.69, 9.17) is 4.74 Å². The highest BCUT2D eigenvalue weighted by atomic mass is 16.5. The van der Waals surface area contributed by atoms with Crippen LogP contribution in [0.1, 0.15) is 39.0 Å². The molecule has 2 heteroatoms. The summed E-state index contributed by atoms with van der Waals surface area (Å²) in [5.41, 5.74) is 1.60. The number of likely N-dealkylation sites (tertiary alicyclic amines) is 1. The fraction of sp³-hybridized carbons (Fsp3) is 0.875. The summed E-state index contributed by atoms with van der Waals surface area (Å²) in [4.78, 5) is 0. The lowest BCUT2D eigenvalue weighted by atomic mass is 9.76. The maximum absolute atomic E-state index is 6.23. The predicted molar refractivity (Wildman–Crippen MR) is 74.3 cm³/mol. The van der Waals surface area contributed by atoms with Crippen molar-refractivity contribution in [2.75, 3.05) is 33.3 Å². The molecule has 102 valence electrons. The molecule has 2 bridgehead atoms. The first-order valence-electron chi connectivity index (χ1n) is 7.78. The summed E-state index contributed by atoms with van der Waals surface area (Å²) in [5.74, 6) is 1.52. The third-order valence-corrected chi connectivity index (χ3v) is 5.46. The van der Waals surface area contributed by atoms with Gasteiger partial charge in [0.25, 0.3) is 0 Å². The Morgan fingerprint density at radius 3 is 2.83 bits per heavy atom. The first kappa shape index (κ1) is 12.7. The van der Waals surface area contributed by atoms with Crippen molar-refractivity contribution in [3.63, 3.8) is 0 Å². The first-order valence-corrected chi connectivity index (χ1v) is 7.78. The number of ether oxygens (including phenoxy) is 1. The lowest BCUT2D eigenvalue weighted by Gasteiger charge is -2.45. The van der Waals surface area contributed by atoms with Crippen LogP contribution in [0, 0.1) is 11.8 Å². The van der Waals surface area contributed by atoms with Crippen molar-refractivity contribution in [2.24, 2.45) is 11.8 Å². The Hall–Kier alpha value is -0.340. The van der Waals surface area contributed by atoms with Crippen molar-refractivity contribution in [1.29, 1.82) is 0 Å². The molecule has 0 spiro atoms. The number of hydrogen-bond acceptors (Lipinski definition) is 1. The molecule has 2 nitrogen and oxygen atoms in total. The first-order chi connectivity index (χ1) is 8.66. The molecule has 0 aromatic rings. The summed E-state index contributed by atoms with van der Waals surface area (Å²) in [6, 6.07) is 0. The highest BCUT2D eigenvalue weighted by Crippen LogP contribution is 2.38. The molecular weight excluding hydrogens is 222 g/mol. The molecule has 2 saturated heterocycles. The van der Waals surface area contributed by atoms with Crippen molar-refractivity contribution in [1.82, 2.24) is 0 Å². The second-order valence-corrected chi connectivity index (χ2v) is 7.07. The van der Waals surface area contributed by atoms with E-state index in [1.54, 1.807) is 5.57 Å². The quantitative estimate of drug-likeness (QED) is 0.541. The smallest absolute Gasteiger partial charge is 0.113 e. The van der Waals surface area contributed by atoms with Crippen molar-refractivity contribution in [3.8, 4) is 0 Å². The van der Waals surface area contributed by atoms with Gasteiger partial charge in [-0.05, 0) is 44.9 Å². The Labute approximate surface area is 112 Å². The highest BCUT2D eigenvalue weighted by Gasteiger charge is 2.39. The van der Waals surface area contributed by atoms with Gasteiger partial charge in [-0.15, -0.1) is 0 Å². The maximum Gasteiger partial charge on any atom is 0.113 e. The number of allylic oxidation sites excluding steroid dienone is 1. The van der Waals surface area contributed by atoms with E-state index in [1.165, 1.54) is 56.2 Å². The Morgan fingerprint density at radius 1 is 1.28 bits per heavy atom. The van der Waals surface area contributed by atoms with Crippen molar-refractivity contribution < 1.29 is 9.22 Å². The van der Waals surface area contributed by atoms with Gasteiger partial charge in [0, 0.05) is 5.92 Å². The lowest BCUT2D eigenvalue weighted by molar-refractivity contribution is -0.917. The monoisotopic (exact) mass is 250 g/mol. The summed E-state index contributed by atoms with van der Waals surface area (Å²) >= 11 is 0. The summed E-state index contributed by atoms with van der Waals surface area (Å²) in [6.07, 6.45) is 9.85. The number of rotatable bonds is 2. The van der Waals surface area contributed by atoms with Gasteiger partial charge < -0.3 is 9.22 Å². The van der Waals surface area contributed by atoms with Crippen LogP contribution in [-0.4, -0.2) is 43.9 Å². The number of likely N-dealkylation sites (N-methyl/N-ethyl adjacent to an activating group) is 1. The fourth-order valence-electron chi connectivity index (χ4n) is 4.17. The van der Waals surface area contributed by atoms with Crippen LogP contribution in [0.3, 0.4) is 0 Å². The van der Waals surface area contributed by atoms with Gasteiger partial charge in [0.2, 0.25) is 0 Å². The van der Waals surface area contributed by atoms with Crippen LogP contribution >= 0.6 is 0 Å². The molecule has 0 N–H and O–H groups in total. The highest BCUT2D eigenvalue weighted by molar-refractivity contribution is 5.12. The molecule has 3 aliphatic rings. The van der Waals surface area contributed by atoms with Crippen molar-refractivity contribution >= 4 is 0 Å². The predicted octanol–water partition coefficient (Wildman–Crippen LogP) is 2.99. The standard InChI is InChI=1S/C16H28NO/c1-13-6-7-14-10-15(13)16(18-12-14)11-17(2)8-4-3-5-9-17/h6,14-16H,3-5,7-12H2,1-2H3/q+1/t14-,15+,16+/m1/s1. The average molecular weight is 250 g/mol. The normalized spacial score (nSPS) is 39.2. The summed E-state index contributed by atoms with van der Waals surface area (Å²) in [7, 11) is 2.44. The Bertz CT molecular complexity index is 330. The average Bonchev–Trinajstić information content (AvgIpc) is 2.37. The molecule has 3 atom stereocenters. The van der Waals surface area contributed by atoms with E-state index < -0.39 is 0 Å². The maximum atomic E-state index is 6.23. The van der Waals surface area contributed by atoms with Gasteiger partial charge in [-0.25, -0.2) is 0 Å². The number of piperidine rings is 1. The summed E-state index contributed by atoms with van der Waals surface area (Å²) < 4.78 is 7.48. The molecule has 2 aliphatic heterocycles. The Morgan fingerprint density at radius 2 is 2.06 bits per heavy atom. The molecule has 3 rings (SSSR count). The molecule has 0 amide bonds. The number of hydrogen-bond donors (Lipinski definition) is 0. The largest absolute Gasteiger partial charge is 0.371 e. The van der Waals surface area contributed by atoms with Crippen LogP contribution in [0.4, 0.5) is 0 Å². The van der Waals surface area contributed by atoms with Crippen LogP contribution < -0.4 is 0 Å². The van der Waals surface area contributed by atoms with Gasteiger partial charge in [-0.3, -0.25) is 0 Å². The number of quaternary nitrogens is 1. The molecule has 0 radical (unpaired) electrons. The number of nitrogens with zero attached hydrogens (tertiary/aromatic N) is 1. The zero-order valence-corrected chi connectivity index (χ0v) is 12.0. The molecule has 1 aliphatic carbocycles. The minimum Gasteiger partial charge on any atom is -0.371 e. The number of fused-ring (bicyclic) bond motifs is 2. The fourth-order valence-corrected chi connectivity index (χ4v) is 4.17. The lowest BCUT2D eigenvalue weighted by Crippen LogP contribution is -2.55. The Kier molecular flexibility index (Phi) is 3.50. The van der Waals surface area contributed by atoms with E-state index in [0.29, 0.717) is 6.10 Å². The van der Waals surface area contributed by atoms with Crippen LogP contribution in [0.25, 0.3) is 0 Å². The zero-order valence-electron chi connectivity index (χ0n) is 12.0. The van der Waals surface area contributed by atoms with Gasteiger partial charge in [0.15, 0.2) is 0 Å².